The smallest absolute Gasteiger partial charge is 0.140 e. The van der Waals surface area contributed by atoms with Crippen LogP contribution in [0.2, 0.25) is 0 Å². The Hall–Kier alpha value is 0.150. The summed E-state index contributed by atoms with van der Waals surface area (Å²) in [4.78, 5) is 12.7. The third-order valence-corrected chi connectivity index (χ3v) is 7.24. The van der Waals surface area contributed by atoms with E-state index in [1.165, 1.54) is 6.42 Å². The molecule has 0 saturated heterocycles. The molecule has 6 aliphatic rings. The summed E-state index contributed by atoms with van der Waals surface area (Å²) in [5.74, 6) is 6.90. The van der Waals surface area contributed by atoms with Gasteiger partial charge < -0.3 is 0 Å². The lowest BCUT2D eigenvalue weighted by Crippen LogP contribution is -2.30. The number of hydrogen-bond donors (Lipinski definition) is 0. The second-order valence-corrected chi connectivity index (χ2v) is 6.83. The Morgan fingerprint density at radius 3 is 2.54 bits per heavy atom. The van der Waals surface area contributed by atoms with Gasteiger partial charge in [0.2, 0.25) is 0 Å². The maximum Gasteiger partial charge on any atom is 0.140 e. The zero-order chi connectivity index (χ0) is 8.48. The van der Waals surface area contributed by atoms with E-state index in [-0.39, 0.29) is 0 Å². The van der Waals surface area contributed by atoms with Gasteiger partial charge in [0, 0.05) is 16.7 Å². The molecule has 6 bridgehead atoms. The minimum Gasteiger partial charge on any atom is -0.299 e. The highest BCUT2D eigenvalue weighted by atomic mass is 79.9. The second kappa shape index (κ2) is 1.56. The number of halogens is 1. The van der Waals surface area contributed by atoms with Gasteiger partial charge in [-0.15, -0.1) is 0 Å². The van der Waals surface area contributed by atoms with E-state index in [2.05, 4.69) is 15.9 Å². The molecule has 0 aliphatic heterocycles. The van der Waals surface area contributed by atoms with Crippen molar-refractivity contribution in [3.8, 4) is 0 Å². The molecule has 6 aliphatic carbocycles. The summed E-state index contributed by atoms with van der Waals surface area (Å²) < 4.78 is 0. The van der Waals surface area contributed by atoms with Crippen LogP contribution in [0.25, 0.3) is 0 Å². The number of rotatable bonds is 0. The van der Waals surface area contributed by atoms with Gasteiger partial charge in [0.1, 0.15) is 5.78 Å². The molecule has 0 radical (unpaired) electrons. The van der Waals surface area contributed by atoms with Crippen LogP contribution >= 0.6 is 15.9 Å². The first-order valence-electron chi connectivity index (χ1n) is 5.48. The van der Waals surface area contributed by atoms with Crippen molar-refractivity contribution in [1.29, 1.82) is 0 Å². The summed E-state index contributed by atoms with van der Waals surface area (Å²) >= 11 is 3.86. The number of Topliss-reactive ketones (excluding diaryl/α,β-unsaturated/α-hetero) is 1. The van der Waals surface area contributed by atoms with Gasteiger partial charge in [0.05, 0.1) is 0 Å². The maximum atomic E-state index is 12.0. The van der Waals surface area contributed by atoms with Gasteiger partial charge in [-0.3, -0.25) is 4.79 Å². The van der Waals surface area contributed by atoms with Crippen LogP contribution in [0.1, 0.15) is 6.42 Å². The molecule has 0 unspecified atom stereocenters. The average Bonchev–Trinajstić information content (AvgIpc) is 2.78. The minimum atomic E-state index is 0.521. The molecule has 0 spiro atoms. The number of ketones is 1. The SMILES string of the molecule is O=C1[C@H]2[C@@H]3C[C@H]4[C@H]5[C@H](Br)[C@@H]([C@@H]1[C@@H]35)[C@H]42. The quantitative estimate of drug-likeness (QED) is 0.588. The van der Waals surface area contributed by atoms with Crippen LogP contribution < -0.4 is 0 Å². The normalized spacial score (nSPS) is 79.8. The number of hydrogen-bond acceptors (Lipinski definition) is 1. The molecule has 0 aromatic heterocycles. The molecule has 6 rings (SSSR count). The van der Waals surface area contributed by atoms with Gasteiger partial charge in [-0.2, -0.15) is 0 Å². The minimum absolute atomic E-state index is 0.521. The Bertz CT molecular complexity index is 350. The first kappa shape index (κ1) is 6.60. The van der Waals surface area contributed by atoms with Gasteiger partial charge in [0.25, 0.3) is 0 Å². The fourth-order valence-electron chi connectivity index (χ4n) is 6.20. The van der Waals surface area contributed by atoms with Crippen molar-refractivity contribution >= 4 is 21.7 Å². The molecule has 68 valence electrons. The fraction of sp³-hybridized carbons (Fsp3) is 0.909. The molecular formula is C11H11BrO. The summed E-state index contributed by atoms with van der Waals surface area (Å²) in [7, 11) is 0. The average molecular weight is 239 g/mol. The van der Waals surface area contributed by atoms with Crippen molar-refractivity contribution in [3.05, 3.63) is 0 Å². The molecule has 2 heteroatoms. The van der Waals surface area contributed by atoms with Crippen LogP contribution in [0.4, 0.5) is 0 Å². The van der Waals surface area contributed by atoms with Crippen LogP contribution in [0, 0.1) is 47.3 Å². The highest BCUT2D eigenvalue weighted by Gasteiger charge is 2.83. The van der Waals surface area contributed by atoms with Crippen molar-refractivity contribution in [2.45, 2.75) is 11.2 Å². The van der Waals surface area contributed by atoms with Crippen LogP contribution in [0.15, 0.2) is 0 Å². The largest absolute Gasteiger partial charge is 0.299 e. The number of carbonyl (C=O) groups excluding carboxylic acids is 1. The molecular weight excluding hydrogens is 228 g/mol. The highest BCUT2D eigenvalue weighted by Crippen LogP contribution is 2.82. The lowest BCUT2D eigenvalue weighted by molar-refractivity contribution is -0.122. The number of carbonyl (C=O) groups is 1. The van der Waals surface area contributed by atoms with E-state index in [9.17, 15) is 4.79 Å². The molecule has 1 nitrogen and oxygen atoms in total. The molecule has 6 fully saturated rings. The molecule has 0 amide bonds. The third-order valence-electron chi connectivity index (χ3n) is 6.01. The lowest BCUT2D eigenvalue weighted by Gasteiger charge is -2.32. The van der Waals surface area contributed by atoms with Crippen molar-refractivity contribution in [2.24, 2.45) is 47.3 Å². The Morgan fingerprint density at radius 1 is 1.00 bits per heavy atom. The molecule has 9 atom stereocenters. The summed E-state index contributed by atoms with van der Waals surface area (Å²) in [6.07, 6.45) is 1.41. The third kappa shape index (κ3) is 0.397. The zero-order valence-electron chi connectivity index (χ0n) is 7.19. The van der Waals surface area contributed by atoms with Crippen molar-refractivity contribution in [3.63, 3.8) is 0 Å². The number of alkyl halides is 1. The van der Waals surface area contributed by atoms with Crippen LogP contribution in [-0.4, -0.2) is 10.6 Å². The molecule has 6 saturated carbocycles. The lowest BCUT2D eigenvalue weighted by atomic mass is 9.71. The van der Waals surface area contributed by atoms with Crippen LogP contribution in [0.3, 0.4) is 0 Å². The van der Waals surface area contributed by atoms with Gasteiger partial charge in [-0.05, 0) is 41.9 Å². The van der Waals surface area contributed by atoms with Gasteiger partial charge in [-0.1, -0.05) is 15.9 Å². The zero-order valence-corrected chi connectivity index (χ0v) is 8.78. The summed E-state index contributed by atoms with van der Waals surface area (Å²) in [6, 6.07) is 0. The predicted molar refractivity (Wildman–Crippen MR) is 50.3 cm³/mol. The Labute approximate surface area is 85.4 Å². The van der Waals surface area contributed by atoms with E-state index in [1.807, 2.05) is 0 Å². The van der Waals surface area contributed by atoms with E-state index < -0.39 is 0 Å². The maximum absolute atomic E-state index is 12.0. The van der Waals surface area contributed by atoms with Crippen LogP contribution in [0.5, 0.6) is 0 Å². The fourth-order valence-corrected chi connectivity index (χ4v) is 7.62. The monoisotopic (exact) mass is 238 g/mol. The van der Waals surface area contributed by atoms with Gasteiger partial charge in [-0.25, -0.2) is 0 Å². The Balaban J connectivity index is 1.90. The van der Waals surface area contributed by atoms with E-state index in [4.69, 9.17) is 0 Å². The van der Waals surface area contributed by atoms with E-state index in [0.717, 1.165) is 40.3 Å². The standard InChI is InChI=1S/C11H11BrO/c12-10-6-2-1-3-4(6)9-8(10)5(2)7(3)11(9)13/h2-10H,1H2/t2-,3-,4+,5-,6-,7+,8-,9+,10+/m1/s1. The van der Waals surface area contributed by atoms with Crippen molar-refractivity contribution < 1.29 is 4.79 Å². The first-order chi connectivity index (χ1) is 6.30. The summed E-state index contributed by atoms with van der Waals surface area (Å²) in [5, 5.41) is 0. The topological polar surface area (TPSA) is 17.1 Å². The summed E-state index contributed by atoms with van der Waals surface area (Å²) in [5.41, 5.74) is 0. The first-order valence-corrected chi connectivity index (χ1v) is 6.40. The Morgan fingerprint density at radius 2 is 1.77 bits per heavy atom. The molecule has 13 heavy (non-hydrogen) atoms. The molecule has 0 aromatic carbocycles. The molecule has 0 heterocycles. The molecule has 0 aromatic rings. The van der Waals surface area contributed by atoms with Gasteiger partial charge >= 0.3 is 0 Å². The predicted octanol–water partition coefficient (Wildman–Crippen LogP) is 1.71. The van der Waals surface area contributed by atoms with E-state index >= 15 is 0 Å². The van der Waals surface area contributed by atoms with Crippen LogP contribution in [-0.2, 0) is 4.79 Å². The van der Waals surface area contributed by atoms with E-state index in [1.54, 1.807) is 0 Å². The Kier molecular flexibility index (Phi) is 0.790. The highest BCUT2D eigenvalue weighted by molar-refractivity contribution is 9.09. The van der Waals surface area contributed by atoms with E-state index in [0.29, 0.717) is 17.6 Å². The van der Waals surface area contributed by atoms with Crippen molar-refractivity contribution in [1.82, 2.24) is 0 Å². The van der Waals surface area contributed by atoms with Gasteiger partial charge in [0.15, 0.2) is 0 Å². The van der Waals surface area contributed by atoms with Crippen molar-refractivity contribution in [2.75, 3.05) is 0 Å². The molecule has 0 N–H and O–H groups in total. The summed E-state index contributed by atoms with van der Waals surface area (Å²) in [6.45, 7) is 0. The second-order valence-electron chi connectivity index (χ2n) is 5.77.